The molecule has 1 aromatic carbocycles. The van der Waals surface area contributed by atoms with Gasteiger partial charge in [-0.05, 0) is 19.1 Å². The second-order valence-corrected chi connectivity index (χ2v) is 5.48. The number of nitrogens with one attached hydrogen (secondary N) is 1. The molecular formula is C14H16ClN3O4S. The molecule has 23 heavy (non-hydrogen) atoms. The Hall–Kier alpha value is -2.06. The third-order valence-corrected chi connectivity index (χ3v) is 3.92. The number of rotatable bonds is 7. The van der Waals surface area contributed by atoms with Crippen LogP contribution in [0.5, 0.6) is 17.2 Å². The van der Waals surface area contributed by atoms with Gasteiger partial charge >= 0.3 is 0 Å². The molecule has 0 unspecified atom stereocenters. The summed E-state index contributed by atoms with van der Waals surface area (Å²) in [5, 5.41) is 11.5. The zero-order valence-electron chi connectivity index (χ0n) is 12.9. The van der Waals surface area contributed by atoms with Gasteiger partial charge in [0.1, 0.15) is 10.9 Å². The number of anilines is 1. The van der Waals surface area contributed by atoms with E-state index in [1.165, 1.54) is 11.3 Å². The highest BCUT2D eigenvalue weighted by Crippen LogP contribution is 2.42. The normalized spacial score (nSPS) is 10.3. The first-order valence-electron chi connectivity index (χ1n) is 6.71. The van der Waals surface area contributed by atoms with E-state index in [1.54, 1.807) is 26.4 Å². The lowest BCUT2D eigenvalue weighted by atomic mass is 10.2. The summed E-state index contributed by atoms with van der Waals surface area (Å²) in [6, 6.07) is 3.56. The molecule has 2 aromatic rings. The number of methoxy groups -OCH3 is 2. The highest BCUT2D eigenvalue weighted by atomic mass is 35.5. The first-order chi connectivity index (χ1) is 11.1. The smallest absolute Gasteiger partial charge is 0.241 e. The van der Waals surface area contributed by atoms with Crippen LogP contribution in [0.3, 0.4) is 0 Å². The minimum absolute atomic E-state index is 0.139. The molecule has 0 aliphatic rings. The zero-order valence-corrected chi connectivity index (χ0v) is 14.5. The van der Waals surface area contributed by atoms with Gasteiger partial charge in [-0.2, -0.15) is 0 Å². The number of nitrogens with zero attached hydrogens (tertiary/aromatic N) is 2. The minimum Gasteiger partial charge on any atom is -0.493 e. The second kappa shape index (κ2) is 7.98. The quantitative estimate of drug-likeness (QED) is 0.767. The monoisotopic (exact) mass is 357 g/mol. The highest BCUT2D eigenvalue weighted by Gasteiger charge is 2.17. The average Bonchev–Trinajstić information content (AvgIpc) is 3.03. The molecule has 1 N–H and O–H groups in total. The van der Waals surface area contributed by atoms with Gasteiger partial charge in [-0.15, -0.1) is 21.8 Å². The molecule has 0 atom stereocenters. The van der Waals surface area contributed by atoms with Crippen molar-refractivity contribution in [2.75, 3.05) is 32.0 Å². The molecule has 1 amide bonds. The zero-order chi connectivity index (χ0) is 16.8. The van der Waals surface area contributed by atoms with Crippen LogP contribution in [-0.2, 0) is 4.79 Å². The van der Waals surface area contributed by atoms with Crippen LogP contribution in [0.2, 0.25) is 0 Å². The van der Waals surface area contributed by atoms with Crippen LogP contribution >= 0.6 is 22.9 Å². The van der Waals surface area contributed by atoms with E-state index >= 15 is 0 Å². The van der Waals surface area contributed by atoms with E-state index in [9.17, 15) is 4.79 Å². The van der Waals surface area contributed by atoms with Crippen molar-refractivity contribution < 1.29 is 19.0 Å². The van der Waals surface area contributed by atoms with Crippen LogP contribution in [0.25, 0.3) is 10.6 Å². The van der Waals surface area contributed by atoms with Gasteiger partial charge in [0.15, 0.2) is 11.5 Å². The summed E-state index contributed by atoms with van der Waals surface area (Å²) in [5.41, 5.74) is 0.742. The molecular weight excluding hydrogens is 342 g/mol. The molecule has 1 aromatic heterocycles. The van der Waals surface area contributed by atoms with Crippen molar-refractivity contribution in [1.29, 1.82) is 0 Å². The van der Waals surface area contributed by atoms with Crippen molar-refractivity contribution >= 4 is 34.0 Å². The highest BCUT2D eigenvalue weighted by molar-refractivity contribution is 7.18. The molecule has 0 saturated heterocycles. The summed E-state index contributed by atoms with van der Waals surface area (Å²) in [6.07, 6.45) is 0. The van der Waals surface area contributed by atoms with E-state index in [0.29, 0.717) is 34.0 Å². The topological polar surface area (TPSA) is 82.6 Å². The number of hydrogen-bond acceptors (Lipinski definition) is 7. The van der Waals surface area contributed by atoms with Crippen molar-refractivity contribution in [3.63, 3.8) is 0 Å². The fourth-order valence-corrected chi connectivity index (χ4v) is 2.65. The summed E-state index contributed by atoms with van der Waals surface area (Å²) >= 11 is 6.67. The van der Waals surface area contributed by atoms with Crippen molar-refractivity contribution in [2.24, 2.45) is 0 Å². The van der Waals surface area contributed by atoms with Crippen molar-refractivity contribution in [1.82, 2.24) is 10.2 Å². The Bertz CT molecular complexity index is 667. The first kappa shape index (κ1) is 17.3. The lowest BCUT2D eigenvalue weighted by Crippen LogP contribution is -2.12. The van der Waals surface area contributed by atoms with E-state index in [4.69, 9.17) is 25.8 Å². The van der Waals surface area contributed by atoms with Crippen molar-refractivity contribution in [2.45, 2.75) is 6.92 Å². The van der Waals surface area contributed by atoms with Crippen LogP contribution in [0.15, 0.2) is 12.1 Å². The summed E-state index contributed by atoms with van der Waals surface area (Å²) < 4.78 is 16.3. The van der Waals surface area contributed by atoms with E-state index in [-0.39, 0.29) is 11.8 Å². The predicted octanol–water partition coefficient (Wildman–Crippen LogP) is 2.80. The van der Waals surface area contributed by atoms with E-state index < -0.39 is 0 Å². The molecule has 2 rings (SSSR count). The SMILES string of the molecule is CCOc1c(OC)cc(-c2nnc(NC(=O)CCl)s2)cc1OC. The molecule has 7 nitrogen and oxygen atoms in total. The number of aromatic nitrogens is 2. The van der Waals surface area contributed by atoms with Gasteiger partial charge in [-0.25, -0.2) is 0 Å². The molecule has 9 heteroatoms. The number of halogens is 1. The van der Waals surface area contributed by atoms with E-state index in [0.717, 1.165) is 5.56 Å². The lowest BCUT2D eigenvalue weighted by molar-refractivity contribution is -0.113. The molecule has 0 radical (unpaired) electrons. The fourth-order valence-electron chi connectivity index (χ4n) is 1.83. The molecule has 0 bridgehead atoms. The minimum atomic E-state index is -0.337. The van der Waals surface area contributed by atoms with Crippen LogP contribution in [-0.4, -0.2) is 42.8 Å². The lowest BCUT2D eigenvalue weighted by Gasteiger charge is -2.14. The summed E-state index contributed by atoms with van der Waals surface area (Å²) in [4.78, 5) is 11.3. The van der Waals surface area contributed by atoms with Crippen LogP contribution in [0.1, 0.15) is 6.92 Å². The molecule has 0 aliphatic heterocycles. The van der Waals surface area contributed by atoms with E-state index in [1.807, 2.05) is 6.92 Å². The number of amides is 1. The molecule has 0 fully saturated rings. The van der Waals surface area contributed by atoms with Gasteiger partial charge in [0.05, 0.1) is 20.8 Å². The van der Waals surface area contributed by atoms with Gasteiger partial charge in [0, 0.05) is 5.56 Å². The van der Waals surface area contributed by atoms with Crippen molar-refractivity contribution in [3.8, 4) is 27.8 Å². The number of carbonyl (C=O) groups is 1. The average molecular weight is 358 g/mol. The first-order valence-corrected chi connectivity index (χ1v) is 8.06. The van der Waals surface area contributed by atoms with Gasteiger partial charge in [0.2, 0.25) is 16.8 Å². The molecule has 0 aliphatic carbocycles. The Morgan fingerprint density at radius 2 is 1.91 bits per heavy atom. The van der Waals surface area contributed by atoms with Crippen LogP contribution in [0.4, 0.5) is 5.13 Å². The summed E-state index contributed by atoms with van der Waals surface area (Å²) in [5.74, 6) is 1.11. The Balaban J connectivity index is 2.38. The maximum atomic E-state index is 11.3. The third kappa shape index (κ3) is 4.02. The number of ether oxygens (including phenoxy) is 3. The number of benzene rings is 1. The van der Waals surface area contributed by atoms with Gasteiger partial charge in [-0.1, -0.05) is 11.3 Å². The Labute approximate surface area is 142 Å². The molecule has 0 spiro atoms. The molecule has 124 valence electrons. The molecule has 1 heterocycles. The Morgan fingerprint density at radius 1 is 1.26 bits per heavy atom. The maximum Gasteiger partial charge on any atom is 0.241 e. The van der Waals surface area contributed by atoms with Crippen LogP contribution < -0.4 is 19.5 Å². The third-order valence-electron chi connectivity index (χ3n) is 2.79. The number of carbonyl (C=O) groups excluding carboxylic acids is 1. The fraction of sp³-hybridized carbons (Fsp3) is 0.357. The van der Waals surface area contributed by atoms with Gasteiger partial charge in [0.25, 0.3) is 0 Å². The predicted molar refractivity (Wildman–Crippen MR) is 89.0 cm³/mol. The number of alkyl halides is 1. The van der Waals surface area contributed by atoms with Gasteiger partial charge < -0.3 is 14.2 Å². The second-order valence-electron chi connectivity index (χ2n) is 4.24. The summed E-state index contributed by atoms with van der Waals surface area (Å²) in [7, 11) is 3.10. The Morgan fingerprint density at radius 3 is 2.43 bits per heavy atom. The number of hydrogen-bond donors (Lipinski definition) is 1. The van der Waals surface area contributed by atoms with Gasteiger partial charge in [-0.3, -0.25) is 10.1 Å². The maximum absolute atomic E-state index is 11.3. The largest absolute Gasteiger partial charge is 0.493 e. The Kier molecular flexibility index (Phi) is 6.00. The van der Waals surface area contributed by atoms with E-state index in [2.05, 4.69) is 15.5 Å². The summed E-state index contributed by atoms with van der Waals surface area (Å²) in [6.45, 7) is 2.36. The van der Waals surface area contributed by atoms with Crippen molar-refractivity contribution in [3.05, 3.63) is 12.1 Å². The standard InChI is InChI=1S/C14H16ClN3O4S/c1-4-22-12-9(20-2)5-8(6-10(12)21-3)13-17-18-14(23-13)16-11(19)7-15/h5-6H,4,7H2,1-3H3,(H,16,18,19). The van der Waals surface area contributed by atoms with Crippen LogP contribution in [0, 0.1) is 0 Å². The molecule has 0 saturated carbocycles.